The molecule has 8 heteroatoms. The minimum absolute atomic E-state index is 0.0258. The summed E-state index contributed by atoms with van der Waals surface area (Å²) in [4.78, 5) is 25.1. The molecule has 33 heavy (non-hydrogen) atoms. The summed E-state index contributed by atoms with van der Waals surface area (Å²) in [5, 5.41) is 6.56. The Morgan fingerprint density at radius 2 is 2.00 bits per heavy atom. The number of nitrogens with two attached hydrogens (primary N) is 1. The first-order valence-electron chi connectivity index (χ1n) is 11.2. The number of anilines is 1. The van der Waals surface area contributed by atoms with Crippen molar-refractivity contribution < 1.29 is 0 Å². The summed E-state index contributed by atoms with van der Waals surface area (Å²) in [6.07, 6.45) is 3.75. The molecule has 2 N–H and O–H groups in total. The number of aromatic nitrogens is 5. The summed E-state index contributed by atoms with van der Waals surface area (Å²) in [6.45, 7) is 9.45. The Morgan fingerprint density at radius 1 is 1.24 bits per heavy atom. The lowest BCUT2D eigenvalue weighted by Gasteiger charge is -2.21. The van der Waals surface area contributed by atoms with Crippen LogP contribution in [0.25, 0.3) is 21.8 Å². The van der Waals surface area contributed by atoms with Crippen molar-refractivity contribution in [3.63, 3.8) is 0 Å². The molecule has 0 fully saturated rings. The summed E-state index contributed by atoms with van der Waals surface area (Å²) in [5.74, 6) is 0.704. The molecule has 0 saturated carbocycles. The van der Waals surface area contributed by atoms with E-state index in [2.05, 4.69) is 17.2 Å². The maximum Gasteiger partial charge on any atom is 0.293 e. The van der Waals surface area contributed by atoms with Crippen LogP contribution >= 0.6 is 0 Å². The van der Waals surface area contributed by atoms with Gasteiger partial charge in [0.05, 0.1) is 18.4 Å². The highest BCUT2D eigenvalue weighted by Gasteiger charge is 2.19. The number of rotatable bonds is 7. The molecule has 0 aliphatic heterocycles. The molecule has 0 spiro atoms. The fourth-order valence-corrected chi connectivity index (χ4v) is 4.12. The van der Waals surface area contributed by atoms with Gasteiger partial charge in [-0.1, -0.05) is 35.9 Å². The Balaban J connectivity index is 1.85. The molecule has 0 amide bonds. The van der Waals surface area contributed by atoms with Gasteiger partial charge in [-0.2, -0.15) is 5.10 Å². The molecule has 4 rings (SSSR count). The quantitative estimate of drug-likeness (QED) is 0.439. The zero-order valence-corrected chi connectivity index (χ0v) is 19.9. The van der Waals surface area contributed by atoms with Gasteiger partial charge in [-0.25, -0.2) is 9.67 Å². The second kappa shape index (κ2) is 9.15. The average Bonchev–Trinajstić information content (AvgIpc) is 3.13. The van der Waals surface area contributed by atoms with Crippen molar-refractivity contribution >= 4 is 27.8 Å². The van der Waals surface area contributed by atoms with Gasteiger partial charge in [-0.15, -0.1) is 0 Å². The topological polar surface area (TPSA) is 94.9 Å². The molecule has 1 unspecified atom stereocenters. The number of likely N-dealkylation sites (N-methyl/N-ethyl adjacent to an activating group) is 1. The molecule has 0 aliphatic carbocycles. The van der Waals surface area contributed by atoms with Crippen molar-refractivity contribution in [3.05, 3.63) is 69.9 Å². The van der Waals surface area contributed by atoms with E-state index in [4.69, 9.17) is 15.7 Å². The molecule has 4 aromatic rings. The second-order valence-electron chi connectivity index (χ2n) is 8.93. The third-order valence-electron chi connectivity index (χ3n) is 5.56. The number of hydrogen-bond donors (Lipinski definition) is 1. The zero-order valence-electron chi connectivity index (χ0n) is 19.9. The van der Waals surface area contributed by atoms with Gasteiger partial charge in [-0.3, -0.25) is 9.78 Å². The van der Waals surface area contributed by atoms with E-state index in [1.54, 1.807) is 6.20 Å². The van der Waals surface area contributed by atoms with Crippen LogP contribution in [-0.4, -0.2) is 43.9 Å². The molecule has 0 saturated heterocycles. The van der Waals surface area contributed by atoms with Gasteiger partial charge < -0.3 is 15.2 Å². The molecule has 1 atom stereocenters. The number of hydrogen-bond acceptors (Lipinski definition) is 6. The minimum atomic E-state index is -0.185. The Labute approximate surface area is 193 Å². The predicted molar refractivity (Wildman–Crippen MR) is 134 cm³/mol. The van der Waals surface area contributed by atoms with Crippen molar-refractivity contribution in [1.29, 1.82) is 0 Å². The van der Waals surface area contributed by atoms with Gasteiger partial charge >= 0.3 is 0 Å². The molecule has 0 radical (unpaired) electrons. The Morgan fingerprint density at radius 3 is 2.73 bits per heavy atom. The van der Waals surface area contributed by atoms with Crippen molar-refractivity contribution in [1.82, 2.24) is 24.3 Å². The molecule has 1 aromatic carbocycles. The van der Waals surface area contributed by atoms with Crippen LogP contribution in [-0.2, 0) is 13.1 Å². The lowest BCUT2D eigenvalue weighted by atomic mass is 10.1. The Bertz CT molecular complexity index is 1390. The Kier molecular flexibility index (Phi) is 6.29. The highest BCUT2D eigenvalue weighted by atomic mass is 16.1. The molecule has 3 heterocycles. The molecular formula is C25H31N7O. The van der Waals surface area contributed by atoms with E-state index in [0.29, 0.717) is 30.1 Å². The number of benzene rings is 1. The molecule has 0 bridgehead atoms. The molecule has 172 valence electrons. The van der Waals surface area contributed by atoms with Crippen LogP contribution in [0.5, 0.6) is 0 Å². The highest BCUT2D eigenvalue weighted by molar-refractivity contribution is 5.85. The summed E-state index contributed by atoms with van der Waals surface area (Å²) >= 11 is 0. The van der Waals surface area contributed by atoms with Gasteiger partial charge in [0.2, 0.25) is 5.95 Å². The number of nitrogens with zero attached hydrogens (tertiary/aromatic N) is 6. The van der Waals surface area contributed by atoms with E-state index in [1.165, 1.54) is 10.3 Å². The third kappa shape index (κ3) is 4.66. The van der Waals surface area contributed by atoms with Crippen LogP contribution in [0, 0.1) is 6.92 Å². The predicted octanol–water partition coefficient (Wildman–Crippen LogP) is 3.25. The van der Waals surface area contributed by atoms with Gasteiger partial charge in [0.1, 0.15) is 11.0 Å². The van der Waals surface area contributed by atoms with Crippen LogP contribution in [0.15, 0.2) is 53.0 Å². The van der Waals surface area contributed by atoms with E-state index in [0.717, 1.165) is 22.2 Å². The van der Waals surface area contributed by atoms with Crippen molar-refractivity contribution in [2.45, 2.75) is 46.8 Å². The van der Waals surface area contributed by atoms with Gasteiger partial charge in [0.25, 0.3) is 5.56 Å². The van der Waals surface area contributed by atoms with Gasteiger partial charge in [-0.05, 0) is 39.1 Å². The van der Waals surface area contributed by atoms with Crippen LogP contribution in [0.1, 0.15) is 32.2 Å². The summed E-state index contributed by atoms with van der Waals surface area (Å²) in [6, 6.07) is 10.1. The van der Waals surface area contributed by atoms with Crippen LogP contribution in [0.3, 0.4) is 0 Å². The van der Waals surface area contributed by atoms with E-state index in [1.807, 2.05) is 68.5 Å². The normalized spacial score (nSPS) is 12.3. The van der Waals surface area contributed by atoms with Gasteiger partial charge in [0, 0.05) is 37.3 Å². The maximum absolute atomic E-state index is 13.6. The summed E-state index contributed by atoms with van der Waals surface area (Å²) < 4.78 is 3.43. The molecule has 8 nitrogen and oxygen atoms in total. The van der Waals surface area contributed by atoms with E-state index < -0.39 is 0 Å². The van der Waals surface area contributed by atoms with Crippen molar-refractivity contribution in [2.24, 2.45) is 5.73 Å². The highest BCUT2D eigenvalue weighted by Crippen LogP contribution is 2.21. The number of allylic oxidation sites excluding steroid dienone is 2. The number of fused-ring (bicyclic) bond motifs is 2. The van der Waals surface area contributed by atoms with Gasteiger partial charge in [0.15, 0.2) is 0 Å². The third-order valence-corrected chi connectivity index (χ3v) is 5.56. The lowest BCUT2D eigenvalue weighted by molar-refractivity contribution is 0.632. The Hall–Kier alpha value is -3.52. The van der Waals surface area contributed by atoms with E-state index in [9.17, 15) is 4.79 Å². The molecule has 0 aliphatic rings. The van der Waals surface area contributed by atoms with Crippen LogP contribution in [0.4, 0.5) is 5.95 Å². The monoisotopic (exact) mass is 445 g/mol. The first-order valence-corrected chi connectivity index (χ1v) is 11.2. The number of pyridine rings is 1. The van der Waals surface area contributed by atoms with Crippen LogP contribution in [0.2, 0.25) is 0 Å². The van der Waals surface area contributed by atoms with E-state index >= 15 is 0 Å². The number of imidazole rings is 1. The summed E-state index contributed by atoms with van der Waals surface area (Å²) in [5.41, 5.74) is 9.84. The van der Waals surface area contributed by atoms with Crippen LogP contribution < -0.4 is 16.2 Å². The summed E-state index contributed by atoms with van der Waals surface area (Å²) in [7, 11) is 1.94. The SMILES string of the molecule is CC(C)=CCn1c(N(C)CC(C)N)nc2cnn(Cc3nc(C)cc4ccccc34)c(=O)c21. The second-order valence-corrected chi connectivity index (χ2v) is 8.93. The van der Waals surface area contributed by atoms with E-state index in [-0.39, 0.29) is 18.1 Å². The molecular weight excluding hydrogens is 414 g/mol. The fourth-order valence-electron chi connectivity index (χ4n) is 4.12. The van der Waals surface area contributed by atoms with Crippen molar-refractivity contribution in [3.8, 4) is 0 Å². The molecule has 3 aromatic heterocycles. The average molecular weight is 446 g/mol. The maximum atomic E-state index is 13.6. The smallest absolute Gasteiger partial charge is 0.293 e. The lowest BCUT2D eigenvalue weighted by Crippen LogP contribution is -2.34. The fraction of sp³-hybridized carbons (Fsp3) is 0.360. The first kappa shape index (κ1) is 22.7. The largest absolute Gasteiger partial charge is 0.344 e. The first-order chi connectivity index (χ1) is 15.7. The number of aryl methyl sites for hydroxylation is 1. The van der Waals surface area contributed by atoms with Crippen molar-refractivity contribution in [2.75, 3.05) is 18.5 Å². The standard InChI is InChI=1S/C25H31N7O/c1-16(2)10-11-31-23-21(29-25(31)30(5)14-17(3)26)13-27-32(24(23)33)15-22-20-9-7-6-8-19(20)12-18(4)28-22/h6-10,12-13,17H,11,14-15,26H2,1-5H3. The zero-order chi connectivity index (χ0) is 23.7. The minimum Gasteiger partial charge on any atom is -0.344 e.